The summed E-state index contributed by atoms with van der Waals surface area (Å²) in [5.74, 6) is 0.341. The minimum Gasteiger partial charge on any atom is -0.387 e. The van der Waals surface area contributed by atoms with Gasteiger partial charge in [-0.2, -0.15) is 11.3 Å². The van der Waals surface area contributed by atoms with E-state index >= 15 is 0 Å². The summed E-state index contributed by atoms with van der Waals surface area (Å²) in [5.41, 5.74) is 2.17. The second-order valence-electron chi connectivity index (χ2n) is 5.71. The molecule has 22 heavy (non-hydrogen) atoms. The van der Waals surface area contributed by atoms with Crippen LogP contribution < -0.4 is 5.32 Å². The van der Waals surface area contributed by atoms with Crippen molar-refractivity contribution < 1.29 is 9.90 Å². The summed E-state index contributed by atoms with van der Waals surface area (Å²) in [4.78, 5) is 11.9. The number of rotatable bonds is 8. The topological polar surface area (TPSA) is 49.3 Å². The zero-order valence-corrected chi connectivity index (χ0v) is 13.7. The summed E-state index contributed by atoms with van der Waals surface area (Å²) >= 11 is 1.54. The van der Waals surface area contributed by atoms with E-state index in [4.69, 9.17) is 0 Å². The van der Waals surface area contributed by atoms with Crippen LogP contribution in [-0.4, -0.2) is 17.6 Å². The molecule has 1 heterocycles. The van der Waals surface area contributed by atoms with E-state index < -0.39 is 6.10 Å². The molecule has 0 aliphatic heterocycles. The molecular formula is C18H23NO2S. The van der Waals surface area contributed by atoms with Gasteiger partial charge in [-0.25, -0.2) is 0 Å². The second-order valence-corrected chi connectivity index (χ2v) is 6.49. The molecule has 0 aliphatic carbocycles. The molecule has 2 unspecified atom stereocenters. The Morgan fingerprint density at radius 3 is 2.73 bits per heavy atom. The molecule has 0 bridgehead atoms. The molecule has 0 aliphatic rings. The number of hydrogen-bond acceptors (Lipinski definition) is 3. The van der Waals surface area contributed by atoms with Gasteiger partial charge in [0.05, 0.1) is 6.10 Å². The highest BCUT2D eigenvalue weighted by Gasteiger charge is 2.12. The summed E-state index contributed by atoms with van der Waals surface area (Å²) in [6.07, 6.45) is 1.87. The van der Waals surface area contributed by atoms with Crippen molar-refractivity contribution in [1.82, 2.24) is 5.32 Å². The molecule has 2 atom stereocenters. The van der Waals surface area contributed by atoms with Crippen LogP contribution in [0.1, 0.15) is 37.0 Å². The molecule has 3 nitrogen and oxygen atoms in total. The van der Waals surface area contributed by atoms with Crippen LogP contribution in [0, 0.1) is 5.92 Å². The van der Waals surface area contributed by atoms with Crippen molar-refractivity contribution in [3.63, 3.8) is 0 Å². The number of hydrogen-bond donors (Lipinski definition) is 2. The highest BCUT2D eigenvalue weighted by molar-refractivity contribution is 7.07. The SMILES string of the molecule is CC(CCc1ccccc1)CC(=O)NCC(O)c1ccsc1. The molecular weight excluding hydrogens is 294 g/mol. The van der Waals surface area contributed by atoms with Crippen molar-refractivity contribution in [2.75, 3.05) is 6.54 Å². The number of nitrogens with one attached hydrogen (secondary N) is 1. The lowest BCUT2D eigenvalue weighted by atomic mass is 9.98. The summed E-state index contributed by atoms with van der Waals surface area (Å²) in [6.45, 7) is 2.37. The molecule has 2 N–H and O–H groups in total. The molecule has 4 heteroatoms. The highest BCUT2D eigenvalue weighted by Crippen LogP contribution is 2.16. The molecule has 0 fully saturated rings. The Labute approximate surface area is 136 Å². The van der Waals surface area contributed by atoms with Crippen LogP contribution in [0.4, 0.5) is 0 Å². The van der Waals surface area contributed by atoms with E-state index in [0.717, 1.165) is 18.4 Å². The second kappa shape index (κ2) is 8.71. The summed E-state index contributed by atoms with van der Waals surface area (Å²) in [6, 6.07) is 12.2. The van der Waals surface area contributed by atoms with Crippen LogP contribution in [0.5, 0.6) is 0 Å². The van der Waals surface area contributed by atoms with Crippen molar-refractivity contribution in [2.45, 2.75) is 32.3 Å². The van der Waals surface area contributed by atoms with Crippen LogP contribution in [0.2, 0.25) is 0 Å². The lowest BCUT2D eigenvalue weighted by Gasteiger charge is -2.14. The average molecular weight is 317 g/mol. The first-order valence-corrected chi connectivity index (χ1v) is 8.60. The van der Waals surface area contributed by atoms with Gasteiger partial charge in [0.2, 0.25) is 5.91 Å². The van der Waals surface area contributed by atoms with Crippen molar-refractivity contribution in [3.05, 3.63) is 58.3 Å². The number of aryl methyl sites for hydroxylation is 1. The average Bonchev–Trinajstić information content (AvgIpc) is 3.06. The van der Waals surface area contributed by atoms with Crippen molar-refractivity contribution in [1.29, 1.82) is 0 Å². The first-order chi connectivity index (χ1) is 10.6. The Balaban J connectivity index is 1.66. The van der Waals surface area contributed by atoms with Gasteiger partial charge in [-0.15, -0.1) is 0 Å². The van der Waals surface area contributed by atoms with Crippen LogP contribution in [-0.2, 0) is 11.2 Å². The highest BCUT2D eigenvalue weighted by atomic mass is 32.1. The first kappa shape index (κ1) is 16.7. The molecule has 0 saturated carbocycles. The van der Waals surface area contributed by atoms with Crippen molar-refractivity contribution in [2.24, 2.45) is 5.92 Å². The Bertz CT molecular complexity index is 554. The largest absolute Gasteiger partial charge is 0.387 e. The fraction of sp³-hybridized carbons (Fsp3) is 0.389. The van der Waals surface area contributed by atoms with Gasteiger partial charge >= 0.3 is 0 Å². The molecule has 2 aromatic rings. The summed E-state index contributed by atoms with van der Waals surface area (Å²) < 4.78 is 0. The van der Waals surface area contributed by atoms with Crippen molar-refractivity contribution in [3.8, 4) is 0 Å². The van der Waals surface area contributed by atoms with E-state index in [0.29, 0.717) is 12.3 Å². The van der Waals surface area contributed by atoms with Crippen LogP contribution in [0.3, 0.4) is 0 Å². The molecule has 1 aromatic carbocycles. The minimum absolute atomic E-state index is 0.00911. The zero-order valence-electron chi connectivity index (χ0n) is 12.9. The van der Waals surface area contributed by atoms with Gasteiger partial charge < -0.3 is 10.4 Å². The predicted octanol–water partition coefficient (Wildman–Crippen LogP) is 3.56. The first-order valence-electron chi connectivity index (χ1n) is 7.66. The van der Waals surface area contributed by atoms with E-state index in [1.165, 1.54) is 5.56 Å². The maximum Gasteiger partial charge on any atom is 0.220 e. The number of aliphatic hydroxyl groups excluding tert-OH is 1. The fourth-order valence-corrected chi connectivity index (χ4v) is 3.05. The van der Waals surface area contributed by atoms with E-state index in [1.807, 2.05) is 35.0 Å². The van der Waals surface area contributed by atoms with Crippen LogP contribution >= 0.6 is 11.3 Å². The number of benzene rings is 1. The number of carbonyl (C=O) groups is 1. The van der Waals surface area contributed by atoms with E-state index in [-0.39, 0.29) is 12.5 Å². The third kappa shape index (κ3) is 5.62. The van der Waals surface area contributed by atoms with Gasteiger partial charge in [0.25, 0.3) is 0 Å². The standard InChI is InChI=1S/C18H23NO2S/c1-14(7-8-15-5-3-2-4-6-15)11-18(21)19-12-17(20)16-9-10-22-13-16/h2-6,9-10,13-14,17,20H,7-8,11-12H2,1H3,(H,19,21). The van der Waals surface area contributed by atoms with Crippen molar-refractivity contribution >= 4 is 17.2 Å². The molecule has 118 valence electrons. The Morgan fingerprint density at radius 1 is 1.27 bits per heavy atom. The molecule has 2 rings (SSSR count). The van der Waals surface area contributed by atoms with Gasteiger partial charge in [0, 0.05) is 13.0 Å². The van der Waals surface area contributed by atoms with Gasteiger partial charge in [0.15, 0.2) is 0 Å². The smallest absolute Gasteiger partial charge is 0.220 e. The summed E-state index contributed by atoms with van der Waals surface area (Å²) in [5, 5.41) is 16.6. The molecule has 1 aromatic heterocycles. The van der Waals surface area contributed by atoms with Crippen LogP contribution in [0.25, 0.3) is 0 Å². The van der Waals surface area contributed by atoms with Crippen LogP contribution in [0.15, 0.2) is 47.2 Å². The summed E-state index contributed by atoms with van der Waals surface area (Å²) in [7, 11) is 0. The minimum atomic E-state index is -0.616. The Morgan fingerprint density at radius 2 is 2.05 bits per heavy atom. The van der Waals surface area contributed by atoms with E-state index in [9.17, 15) is 9.90 Å². The number of carbonyl (C=O) groups excluding carboxylic acids is 1. The van der Waals surface area contributed by atoms with Gasteiger partial charge in [0.1, 0.15) is 0 Å². The third-order valence-electron chi connectivity index (χ3n) is 3.72. The van der Waals surface area contributed by atoms with E-state index in [1.54, 1.807) is 11.3 Å². The predicted molar refractivity (Wildman–Crippen MR) is 90.8 cm³/mol. The van der Waals surface area contributed by atoms with E-state index in [2.05, 4.69) is 24.4 Å². The number of aliphatic hydroxyl groups is 1. The quantitative estimate of drug-likeness (QED) is 0.782. The molecule has 1 amide bonds. The zero-order chi connectivity index (χ0) is 15.8. The number of thiophene rings is 1. The molecule has 0 saturated heterocycles. The number of amides is 1. The Kier molecular flexibility index (Phi) is 6.62. The van der Waals surface area contributed by atoms with Gasteiger partial charge in [-0.05, 0) is 46.7 Å². The maximum absolute atomic E-state index is 11.9. The normalized spacial score (nSPS) is 13.5. The van der Waals surface area contributed by atoms with Gasteiger partial charge in [-0.3, -0.25) is 4.79 Å². The monoisotopic (exact) mass is 317 g/mol. The Hall–Kier alpha value is -1.65. The molecule has 0 spiro atoms. The molecule has 0 radical (unpaired) electrons. The van der Waals surface area contributed by atoms with Gasteiger partial charge in [-0.1, -0.05) is 37.3 Å². The third-order valence-corrected chi connectivity index (χ3v) is 4.42. The lowest BCUT2D eigenvalue weighted by molar-refractivity contribution is -0.122. The maximum atomic E-state index is 11.9. The fourth-order valence-electron chi connectivity index (χ4n) is 2.34. The lowest BCUT2D eigenvalue weighted by Crippen LogP contribution is -2.29.